The lowest BCUT2D eigenvalue weighted by Gasteiger charge is -2.38. The summed E-state index contributed by atoms with van der Waals surface area (Å²) in [7, 11) is 3.31. The molecule has 2 heterocycles. The molecule has 2 saturated heterocycles. The Kier molecular flexibility index (Phi) is 5.59. The highest BCUT2D eigenvalue weighted by Gasteiger charge is 2.47. The van der Waals surface area contributed by atoms with Crippen LogP contribution in [0.25, 0.3) is 0 Å². The summed E-state index contributed by atoms with van der Waals surface area (Å²) in [4.78, 5) is 41.8. The van der Waals surface area contributed by atoms with Crippen LogP contribution in [0.4, 0.5) is 4.79 Å². The summed E-state index contributed by atoms with van der Waals surface area (Å²) in [5.41, 5.74) is 0.839. The number of urea groups is 1. The Morgan fingerprint density at radius 2 is 2.07 bits per heavy atom. The Morgan fingerprint density at radius 1 is 1.33 bits per heavy atom. The third-order valence-electron chi connectivity index (χ3n) is 5.00. The summed E-state index contributed by atoms with van der Waals surface area (Å²) < 4.78 is 6.19. The minimum atomic E-state index is -0.500. The molecule has 1 aromatic rings. The molecule has 0 bridgehead atoms. The molecule has 0 aliphatic carbocycles. The summed E-state index contributed by atoms with van der Waals surface area (Å²) in [5.74, 6) is 0.355. The second-order valence-corrected chi connectivity index (χ2v) is 7.77. The number of hydrogen-bond donors (Lipinski definition) is 1. The Morgan fingerprint density at radius 3 is 2.78 bits per heavy atom. The summed E-state index contributed by atoms with van der Waals surface area (Å²) in [5, 5.41) is 2.83. The van der Waals surface area contributed by atoms with Crippen LogP contribution >= 0.6 is 15.9 Å². The number of carbonyl (C=O) groups excluding carboxylic acids is 3. The molecule has 0 radical (unpaired) electrons. The van der Waals surface area contributed by atoms with Gasteiger partial charge in [-0.05, 0) is 25.1 Å². The molecule has 3 rings (SSSR count). The molecule has 1 aromatic carbocycles. The second-order valence-electron chi connectivity index (χ2n) is 6.85. The van der Waals surface area contributed by atoms with Crippen LogP contribution in [0.3, 0.4) is 0 Å². The Bertz CT molecular complexity index is 772. The van der Waals surface area contributed by atoms with E-state index in [9.17, 15) is 14.4 Å². The van der Waals surface area contributed by atoms with Crippen molar-refractivity contribution < 1.29 is 19.1 Å². The van der Waals surface area contributed by atoms with Gasteiger partial charge in [0.1, 0.15) is 18.3 Å². The van der Waals surface area contributed by atoms with Crippen molar-refractivity contribution in [2.45, 2.75) is 25.6 Å². The van der Waals surface area contributed by atoms with E-state index in [-0.39, 0.29) is 30.4 Å². The van der Waals surface area contributed by atoms with Crippen LogP contribution < -0.4 is 10.1 Å². The van der Waals surface area contributed by atoms with E-state index >= 15 is 0 Å². The van der Waals surface area contributed by atoms with Crippen molar-refractivity contribution in [1.82, 2.24) is 20.0 Å². The van der Waals surface area contributed by atoms with Gasteiger partial charge in [-0.25, -0.2) is 4.79 Å². The van der Waals surface area contributed by atoms with Crippen molar-refractivity contribution in [3.8, 4) is 5.75 Å². The van der Waals surface area contributed by atoms with Crippen molar-refractivity contribution in [3.63, 3.8) is 0 Å². The number of benzene rings is 1. The number of nitrogens with one attached hydrogen (secondary N) is 1. The lowest BCUT2D eigenvalue weighted by molar-refractivity contribution is -0.139. The maximum absolute atomic E-state index is 12.6. The fourth-order valence-corrected chi connectivity index (χ4v) is 4.06. The second kappa shape index (κ2) is 7.75. The molecule has 146 valence electrons. The van der Waals surface area contributed by atoms with Crippen LogP contribution in [0.15, 0.2) is 22.7 Å². The molecule has 0 spiro atoms. The molecular weight excluding hydrogens is 416 g/mol. The number of rotatable bonds is 5. The average Bonchev–Trinajstić information content (AvgIpc) is 2.93. The first-order valence-corrected chi connectivity index (χ1v) is 9.52. The number of methoxy groups -OCH3 is 1. The van der Waals surface area contributed by atoms with Gasteiger partial charge in [-0.15, -0.1) is 0 Å². The number of carbonyl (C=O) groups is 3. The molecule has 9 heteroatoms. The van der Waals surface area contributed by atoms with Crippen LogP contribution in [-0.2, 0) is 16.1 Å². The Balaban J connectivity index is 1.60. The van der Waals surface area contributed by atoms with Gasteiger partial charge in [0.25, 0.3) is 0 Å². The van der Waals surface area contributed by atoms with Crippen molar-refractivity contribution >= 4 is 33.8 Å². The molecule has 2 atom stereocenters. The fraction of sp³-hybridized carbons (Fsp3) is 0.500. The van der Waals surface area contributed by atoms with E-state index in [0.29, 0.717) is 25.4 Å². The predicted molar refractivity (Wildman–Crippen MR) is 102 cm³/mol. The molecule has 0 saturated carbocycles. The number of nitrogens with zero attached hydrogens (tertiary/aromatic N) is 3. The third kappa shape index (κ3) is 3.87. The van der Waals surface area contributed by atoms with E-state index < -0.39 is 6.04 Å². The van der Waals surface area contributed by atoms with Crippen LogP contribution in [0.2, 0.25) is 0 Å². The third-order valence-corrected chi connectivity index (χ3v) is 5.50. The number of piperazine rings is 1. The van der Waals surface area contributed by atoms with Gasteiger partial charge >= 0.3 is 6.03 Å². The fourth-order valence-electron chi connectivity index (χ4n) is 3.65. The molecule has 1 N–H and O–H groups in total. The molecule has 2 aliphatic rings. The number of ether oxygens (including phenoxy) is 1. The quantitative estimate of drug-likeness (QED) is 0.744. The van der Waals surface area contributed by atoms with Crippen molar-refractivity contribution in [3.05, 3.63) is 28.2 Å². The van der Waals surface area contributed by atoms with Gasteiger partial charge in [0.15, 0.2) is 0 Å². The number of fused-ring (bicyclic) bond motifs is 1. The van der Waals surface area contributed by atoms with E-state index in [1.807, 2.05) is 18.2 Å². The zero-order valence-corrected chi connectivity index (χ0v) is 17.2. The van der Waals surface area contributed by atoms with Gasteiger partial charge in [-0.1, -0.05) is 15.9 Å². The van der Waals surface area contributed by atoms with Crippen LogP contribution in [0.1, 0.15) is 12.5 Å². The first kappa shape index (κ1) is 19.5. The van der Waals surface area contributed by atoms with Gasteiger partial charge in [-0.3, -0.25) is 9.59 Å². The van der Waals surface area contributed by atoms with Crippen molar-refractivity contribution in [2.24, 2.45) is 0 Å². The number of likely N-dealkylation sites (N-methyl/N-ethyl adjacent to an activating group) is 1. The highest BCUT2D eigenvalue weighted by molar-refractivity contribution is 9.10. The average molecular weight is 439 g/mol. The summed E-state index contributed by atoms with van der Waals surface area (Å²) in [6, 6.07) is 4.73. The van der Waals surface area contributed by atoms with Crippen LogP contribution in [-0.4, -0.2) is 78.4 Å². The Labute approximate surface area is 166 Å². The molecule has 27 heavy (non-hydrogen) atoms. The standard InChI is InChI=1S/C18H23BrN4O4/c1-11-17(25)21(2)8-14-9-22(18(26)23(11)14)10-16(24)20-7-12-6-13(19)4-5-15(12)27-3/h4-6,11,14H,7-10H2,1-3H3,(H,20,24). The van der Waals surface area contributed by atoms with E-state index in [2.05, 4.69) is 21.2 Å². The first-order valence-electron chi connectivity index (χ1n) is 8.73. The minimum Gasteiger partial charge on any atom is -0.496 e. The number of amides is 4. The van der Waals surface area contributed by atoms with E-state index in [4.69, 9.17) is 4.74 Å². The van der Waals surface area contributed by atoms with E-state index in [1.165, 1.54) is 4.90 Å². The van der Waals surface area contributed by atoms with Gasteiger partial charge < -0.3 is 24.8 Å². The largest absolute Gasteiger partial charge is 0.496 e. The topological polar surface area (TPSA) is 82.2 Å². The molecule has 2 unspecified atom stereocenters. The van der Waals surface area contributed by atoms with Crippen molar-refractivity contribution in [1.29, 1.82) is 0 Å². The molecule has 0 aromatic heterocycles. The van der Waals surface area contributed by atoms with E-state index in [0.717, 1.165) is 10.0 Å². The van der Waals surface area contributed by atoms with Gasteiger partial charge in [0, 0.05) is 36.7 Å². The van der Waals surface area contributed by atoms with Gasteiger partial charge in [-0.2, -0.15) is 0 Å². The zero-order valence-electron chi connectivity index (χ0n) is 15.6. The maximum atomic E-state index is 12.6. The summed E-state index contributed by atoms with van der Waals surface area (Å²) in [6.07, 6.45) is 0. The monoisotopic (exact) mass is 438 g/mol. The first-order chi connectivity index (χ1) is 12.8. The smallest absolute Gasteiger partial charge is 0.321 e. The lowest BCUT2D eigenvalue weighted by Crippen LogP contribution is -2.58. The molecule has 8 nitrogen and oxygen atoms in total. The normalized spacial score (nSPS) is 22.1. The SMILES string of the molecule is COc1ccc(Br)cc1CNC(=O)CN1CC2CN(C)C(=O)C(C)N2C1=O. The predicted octanol–water partition coefficient (Wildman–Crippen LogP) is 1.04. The van der Waals surface area contributed by atoms with E-state index in [1.54, 1.807) is 30.9 Å². The van der Waals surface area contributed by atoms with Gasteiger partial charge in [0.2, 0.25) is 11.8 Å². The molecule has 2 fully saturated rings. The highest BCUT2D eigenvalue weighted by atomic mass is 79.9. The minimum absolute atomic E-state index is 0.0349. The summed E-state index contributed by atoms with van der Waals surface area (Å²) in [6.45, 7) is 2.92. The van der Waals surface area contributed by atoms with Crippen molar-refractivity contribution in [2.75, 3.05) is 33.8 Å². The number of hydrogen-bond acceptors (Lipinski definition) is 4. The summed E-state index contributed by atoms with van der Waals surface area (Å²) >= 11 is 3.40. The molecule has 4 amide bonds. The zero-order chi connectivity index (χ0) is 19.7. The van der Waals surface area contributed by atoms with Crippen LogP contribution in [0.5, 0.6) is 5.75 Å². The molecular formula is C18H23BrN4O4. The maximum Gasteiger partial charge on any atom is 0.321 e. The van der Waals surface area contributed by atoms with Crippen LogP contribution in [0, 0.1) is 0 Å². The molecule has 2 aliphatic heterocycles. The lowest BCUT2D eigenvalue weighted by atomic mass is 10.1. The Hall–Kier alpha value is -2.29. The van der Waals surface area contributed by atoms with Gasteiger partial charge in [0.05, 0.1) is 13.2 Å². The highest BCUT2D eigenvalue weighted by Crippen LogP contribution is 2.25. The number of halogens is 1.